The number of hydrogen-bond donors (Lipinski definition) is 1. The van der Waals surface area contributed by atoms with Gasteiger partial charge in [0.25, 0.3) is 0 Å². The third-order valence-corrected chi connectivity index (χ3v) is 2.79. The van der Waals surface area contributed by atoms with Crippen LogP contribution < -0.4 is 4.74 Å². The van der Waals surface area contributed by atoms with E-state index < -0.39 is 0 Å². The Balaban J connectivity index is 2.41. The van der Waals surface area contributed by atoms with Crippen LogP contribution in [0.15, 0.2) is 42.0 Å². The van der Waals surface area contributed by atoms with Gasteiger partial charge in [-0.1, -0.05) is 37.6 Å². The van der Waals surface area contributed by atoms with E-state index in [1.54, 1.807) is 12.1 Å². The Hall–Kier alpha value is -1.70. The van der Waals surface area contributed by atoms with Crippen molar-refractivity contribution in [2.45, 2.75) is 34.1 Å². The summed E-state index contributed by atoms with van der Waals surface area (Å²) >= 11 is 0. The first-order valence-electron chi connectivity index (χ1n) is 6.75. The molecule has 104 valence electrons. The molecule has 19 heavy (non-hydrogen) atoms. The van der Waals surface area contributed by atoms with Crippen LogP contribution in [0.2, 0.25) is 0 Å². The second-order valence-corrected chi connectivity index (χ2v) is 5.19. The summed E-state index contributed by atoms with van der Waals surface area (Å²) in [5.41, 5.74) is 2.26. The lowest BCUT2D eigenvalue weighted by atomic mass is 10.1. The number of ether oxygens (including phenoxy) is 1. The number of allylic oxidation sites excluding steroid dienone is 3. The molecule has 2 heteroatoms. The minimum Gasteiger partial charge on any atom is -0.508 e. The summed E-state index contributed by atoms with van der Waals surface area (Å²) in [5, 5.41) is 9.32. The molecule has 1 aromatic rings. The van der Waals surface area contributed by atoms with Crippen LogP contribution >= 0.6 is 0 Å². The van der Waals surface area contributed by atoms with Gasteiger partial charge in [-0.25, -0.2) is 0 Å². The van der Waals surface area contributed by atoms with Crippen molar-refractivity contribution >= 4 is 0 Å². The van der Waals surface area contributed by atoms with Crippen LogP contribution in [0.1, 0.15) is 32.8 Å². The zero-order chi connectivity index (χ0) is 14.3. The molecule has 1 N–H and O–H groups in total. The van der Waals surface area contributed by atoms with Crippen LogP contribution in [0.3, 0.4) is 0 Å². The first-order valence-corrected chi connectivity index (χ1v) is 6.75. The van der Waals surface area contributed by atoms with Crippen molar-refractivity contribution in [3.63, 3.8) is 0 Å². The molecule has 0 heterocycles. The second kappa shape index (κ2) is 7.67. The van der Waals surface area contributed by atoms with Crippen molar-refractivity contribution in [3.8, 4) is 11.5 Å². The molecule has 0 saturated carbocycles. The molecular formula is C17H24O2. The molecule has 0 fully saturated rings. The molecule has 2 nitrogen and oxygen atoms in total. The predicted molar refractivity (Wildman–Crippen MR) is 80.7 cm³/mol. The smallest absolute Gasteiger partial charge is 0.122 e. The van der Waals surface area contributed by atoms with Crippen molar-refractivity contribution in [2.24, 2.45) is 5.92 Å². The Bertz CT molecular complexity index is 456. The zero-order valence-electron chi connectivity index (χ0n) is 12.3. The van der Waals surface area contributed by atoms with E-state index in [1.165, 1.54) is 5.57 Å². The minimum absolute atomic E-state index is 0.278. The lowest BCUT2D eigenvalue weighted by molar-refractivity contribution is 0.318. The summed E-state index contributed by atoms with van der Waals surface area (Å²) < 4.78 is 5.71. The van der Waals surface area contributed by atoms with E-state index in [2.05, 4.69) is 39.0 Å². The van der Waals surface area contributed by atoms with Crippen LogP contribution in [0.4, 0.5) is 0 Å². The zero-order valence-corrected chi connectivity index (χ0v) is 12.3. The summed E-state index contributed by atoms with van der Waals surface area (Å²) in [6, 6.07) is 5.17. The molecule has 0 amide bonds. The Labute approximate surface area is 116 Å². The van der Waals surface area contributed by atoms with Gasteiger partial charge in [0.15, 0.2) is 0 Å². The molecule has 0 spiro atoms. The Morgan fingerprint density at radius 3 is 2.74 bits per heavy atom. The number of rotatable bonds is 6. The number of hydrogen-bond acceptors (Lipinski definition) is 2. The molecule has 0 unspecified atom stereocenters. The monoisotopic (exact) mass is 260 g/mol. The quantitative estimate of drug-likeness (QED) is 0.756. The number of phenolic OH excluding ortho intramolecular Hbond substituents is 1. The Morgan fingerprint density at radius 2 is 2.11 bits per heavy atom. The summed E-state index contributed by atoms with van der Waals surface area (Å²) in [5.74, 6) is 1.70. The number of aryl methyl sites for hydroxylation is 1. The van der Waals surface area contributed by atoms with E-state index in [0.29, 0.717) is 12.5 Å². The first-order chi connectivity index (χ1) is 8.99. The molecule has 0 saturated heterocycles. The topological polar surface area (TPSA) is 29.5 Å². The van der Waals surface area contributed by atoms with Crippen molar-refractivity contribution in [1.29, 1.82) is 0 Å². The molecule has 0 bridgehead atoms. The average molecular weight is 260 g/mol. The van der Waals surface area contributed by atoms with Crippen molar-refractivity contribution in [3.05, 3.63) is 47.6 Å². The average Bonchev–Trinajstić information content (AvgIpc) is 2.31. The van der Waals surface area contributed by atoms with Gasteiger partial charge in [-0.3, -0.25) is 0 Å². The highest BCUT2D eigenvalue weighted by Crippen LogP contribution is 2.22. The molecule has 0 aliphatic heterocycles. The molecule has 0 aromatic heterocycles. The minimum atomic E-state index is 0.278. The molecule has 0 radical (unpaired) electrons. The maximum absolute atomic E-state index is 9.32. The van der Waals surface area contributed by atoms with E-state index in [0.717, 1.165) is 17.7 Å². The van der Waals surface area contributed by atoms with Gasteiger partial charge in [0.1, 0.15) is 11.5 Å². The van der Waals surface area contributed by atoms with Gasteiger partial charge >= 0.3 is 0 Å². The molecule has 1 rings (SSSR count). The van der Waals surface area contributed by atoms with E-state index in [4.69, 9.17) is 4.74 Å². The van der Waals surface area contributed by atoms with E-state index in [-0.39, 0.29) is 5.75 Å². The van der Waals surface area contributed by atoms with Crippen LogP contribution in [-0.2, 0) is 0 Å². The van der Waals surface area contributed by atoms with Gasteiger partial charge in [0.2, 0.25) is 0 Å². The third-order valence-electron chi connectivity index (χ3n) is 2.79. The molecule has 0 atom stereocenters. The lowest BCUT2D eigenvalue weighted by Gasteiger charge is -2.09. The summed E-state index contributed by atoms with van der Waals surface area (Å²) in [6.07, 6.45) is 7.32. The number of phenols is 1. The fourth-order valence-electron chi connectivity index (χ4n) is 1.64. The maximum atomic E-state index is 9.32. The predicted octanol–water partition coefficient (Wildman–Crippen LogP) is 4.63. The SMILES string of the molecule is C/C(=C/C=C\C(C)C)CCOc1ccc(O)cc1C. The largest absolute Gasteiger partial charge is 0.508 e. The summed E-state index contributed by atoms with van der Waals surface area (Å²) in [4.78, 5) is 0. The number of benzene rings is 1. The van der Waals surface area contributed by atoms with Crippen LogP contribution in [0.25, 0.3) is 0 Å². The fourth-order valence-corrected chi connectivity index (χ4v) is 1.64. The van der Waals surface area contributed by atoms with Gasteiger partial charge < -0.3 is 9.84 Å². The lowest BCUT2D eigenvalue weighted by Crippen LogP contribution is -1.99. The molecule has 0 aliphatic carbocycles. The van der Waals surface area contributed by atoms with E-state index >= 15 is 0 Å². The van der Waals surface area contributed by atoms with Gasteiger partial charge in [-0.05, 0) is 43.5 Å². The van der Waals surface area contributed by atoms with Gasteiger partial charge in [0, 0.05) is 6.42 Å². The van der Waals surface area contributed by atoms with Crippen molar-refractivity contribution < 1.29 is 9.84 Å². The highest BCUT2D eigenvalue weighted by molar-refractivity contribution is 5.38. The Morgan fingerprint density at radius 1 is 1.37 bits per heavy atom. The summed E-state index contributed by atoms with van der Waals surface area (Å²) in [7, 11) is 0. The fraction of sp³-hybridized carbons (Fsp3) is 0.412. The molecule has 1 aromatic carbocycles. The standard InChI is InChI=1S/C17H24O2/c1-13(2)6-5-7-14(3)10-11-19-17-9-8-16(18)12-15(17)4/h5-9,12-13,18H,10-11H2,1-4H3/b6-5-,14-7-. The van der Waals surface area contributed by atoms with E-state index in [1.807, 2.05) is 13.0 Å². The normalized spacial score (nSPS) is 12.4. The molecule has 0 aliphatic rings. The second-order valence-electron chi connectivity index (χ2n) is 5.19. The van der Waals surface area contributed by atoms with Crippen LogP contribution in [-0.4, -0.2) is 11.7 Å². The maximum Gasteiger partial charge on any atom is 0.122 e. The molecular weight excluding hydrogens is 236 g/mol. The summed E-state index contributed by atoms with van der Waals surface area (Å²) in [6.45, 7) is 9.02. The highest BCUT2D eigenvalue weighted by atomic mass is 16.5. The number of aromatic hydroxyl groups is 1. The Kier molecular flexibility index (Phi) is 6.20. The van der Waals surface area contributed by atoms with Gasteiger partial charge in [-0.15, -0.1) is 0 Å². The first kappa shape index (κ1) is 15.4. The van der Waals surface area contributed by atoms with Crippen molar-refractivity contribution in [1.82, 2.24) is 0 Å². The van der Waals surface area contributed by atoms with E-state index in [9.17, 15) is 5.11 Å². The van der Waals surface area contributed by atoms with Gasteiger partial charge in [-0.2, -0.15) is 0 Å². The third kappa shape index (κ3) is 6.14. The van der Waals surface area contributed by atoms with Crippen LogP contribution in [0, 0.1) is 12.8 Å². The van der Waals surface area contributed by atoms with Gasteiger partial charge in [0.05, 0.1) is 6.61 Å². The highest BCUT2D eigenvalue weighted by Gasteiger charge is 2.00. The van der Waals surface area contributed by atoms with Crippen LogP contribution in [0.5, 0.6) is 11.5 Å². The van der Waals surface area contributed by atoms with Crippen molar-refractivity contribution in [2.75, 3.05) is 6.61 Å².